The summed E-state index contributed by atoms with van der Waals surface area (Å²) in [6.07, 6.45) is 0.730. The molecule has 176 valence electrons. The van der Waals surface area contributed by atoms with Gasteiger partial charge in [-0.2, -0.15) is 0 Å². The Hall–Kier alpha value is -3.60. The number of rotatable bonds is 7. The molecule has 0 N–H and O–H groups in total. The molecule has 1 aliphatic rings. The summed E-state index contributed by atoms with van der Waals surface area (Å²) in [6.45, 7) is 8.23. The lowest BCUT2D eigenvalue weighted by molar-refractivity contribution is -0.158. The van der Waals surface area contributed by atoms with Crippen molar-refractivity contribution in [2.75, 3.05) is 12.0 Å². The van der Waals surface area contributed by atoms with E-state index in [1.807, 2.05) is 94.4 Å². The molecule has 1 atom stereocenters. The van der Waals surface area contributed by atoms with E-state index in [4.69, 9.17) is 9.47 Å². The van der Waals surface area contributed by atoms with Crippen LogP contribution in [-0.4, -0.2) is 24.6 Å². The standard InChI is InChI=1S/C29H31NO4/c1-6-29(3,4)34-28(32)19(2)24-16-13-22(17-26(24)20-11-14-23(33-5)15-12-20)30-18-21-9-7-8-10-25(21)27(30)31/h7-17,19H,6,18H2,1-5H3. The lowest BCUT2D eigenvalue weighted by Gasteiger charge is -2.27. The van der Waals surface area contributed by atoms with Gasteiger partial charge in [-0.1, -0.05) is 43.3 Å². The Morgan fingerprint density at radius 1 is 1.03 bits per heavy atom. The van der Waals surface area contributed by atoms with E-state index in [0.717, 1.165) is 45.7 Å². The molecule has 3 aromatic carbocycles. The van der Waals surface area contributed by atoms with Crippen molar-refractivity contribution in [2.45, 2.75) is 52.2 Å². The number of fused-ring (bicyclic) bond motifs is 1. The smallest absolute Gasteiger partial charge is 0.313 e. The van der Waals surface area contributed by atoms with Gasteiger partial charge in [-0.25, -0.2) is 0 Å². The molecule has 1 heterocycles. The maximum Gasteiger partial charge on any atom is 0.313 e. The second kappa shape index (κ2) is 9.34. The van der Waals surface area contributed by atoms with E-state index in [9.17, 15) is 9.59 Å². The first-order valence-electron chi connectivity index (χ1n) is 11.6. The number of carbonyl (C=O) groups excluding carboxylic acids is 2. The second-order valence-electron chi connectivity index (χ2n) is 9.30. The van der Waals surface area contributed by atoms with Crippen molar-refractivity contribution >= 4 is 17.6 Å². The minimum absolute atomic E-state index is 0.0128. The molecule has 0 fully saturated rings. The first-order chi connectivity index (χ1) is 16.2. The van der Waals surface area contributed by atoms with Gasteiger partial charge in [-0.15, -0.1) is 0 Å². The van der Waals surface area contributed by atoms with Crippen molar-refractivity contribution in [1.29, 1.82) is 0 Å². The van der Waals surface area contributed by atoms with Crippen LogP contribution in [-0.2, 0) is 16.1 Å². The Kier molecular flexibility index (Phi) is 6.47. The van der Waals surface area contributed by atoms with Crippen LogP contribution in [0, 0.1) is 0 Å². The molecule has 1 aliphatic heterocycles. The van der Waals surface area contributed by atoms with Crippen LogP contribution in [0.15, 0.2) is 66.7 Å². The van der Waals surface area contributed by atoms with Crippen LogP contribution in [0.4, 0.5) is 5.69 Å². The summed E-state index contributed by atoms with van der Waals surface area (Å²) < 4.78 is 11.1. The van der Waals surface area contributed by atoms with Gasteiger partial charge in [0.15, 0.2) is 0 Å². The highest BCUT2D eigenvalue weighted by Gasteiger charge is 2.30. The van der Waals surface area contributed by atoms with Crippen LogP contribution >= 0.6 is 0 Å². The van der Waals surface area contributed by atoms with Crippen LogP contribution in [0.2, 0.25) is 0 Å². The molecule has 0 aliphatic carbocycles. The third-order valence-electron chi connectivity index (χ3n) is 6.62. The van der Waals surface area contributed by atoms with Crippen molar-refractivity contribution in [3.63, 3.8) is 0 Å². The number of carbonyl (C=O) groups is 2. The Bertz CT molecular complexity index is 1210. The molecule has 0 spiro atoms. The molecule has 0 bridgehead atoms. The number of ether oxygens (including phenoxy) is 2. The molecule has 0 saturated heterocycles. The summed E-state index contributed by atoms with van der Waals surface area (Å²) >= 11 is 0. The lowest BCUT2D eigenvalue weighted by atomic mass is 9.90. The molecule has 1 unspecified atom stereocenters. The summed E-state index contributed by atoms with van der Waals surface area (Å²) in [5.41, 5.74) is 4.70. The highest BCUT2D eigenvalue weighted by Crippen LogP contribution is 2.37. The van der Waals surface area contributed by atoms with Gasteiger partial charge in [0, 0.05) is 11.3 Å². The van der Waals surface area contributed by atoms with Crippen LogP contribution in [0.3, 0.4) is 0 Å². The van der Waals surface area contributed by atoms with Gasteiger partial charge < -0.3 is 14.4 Å². The number of esters is 1. The fourth-order valence-corrected chi connectivity index (χ4v) is 4.13. The zero-order valence-corrected chi connectivity index (χ0v) is 20.4. The highest BCUT2D eigenvalue weighted by atomic mass is 16.6. The average molecular weight is 458 g/mol. The number of hydrogen-bond donors (Lipinski definition) is 0. The van der Waals surface area contributed by atoms with E-state index in [1.165, 1.54) is 0 Å². The molecule has 0 saturated carbocycles. The van der Waals surface area contributed by atoms with Gasteiger partial charge in [0.05, 0.1) is 19.6 Å². The van der Waals surface area contributed by atoms with Crippen molar-refractivity contribution in [3.05, 3.63) is 83.4 Å². The summed E-state index contributed by atoms with van der Waals surface area (Å²) in [7, 11) is 1.63. The van der Waals surface area contributed by atoms with E-state index in [0.29, 0.717) is 6.54 Å². The normalized spacial score (nSPS) is 14.0. The zero-order chi connectivity index (χ0) is 24.5. The first kappa shape index (κ1) is 23.6. The van der Waals surface area contributed by atoms with E-state index in [1.54, 1.807) is 12.0 Å². The van der Waals surface area contributed by atoms with Crippen LogP contribution < -0.4 is 9.64 Å². The van der Waals surface area contributed by atoms with Gasteiger partial charge in [0.1, 0.15) is 11.4 Å². The lowest BCUT2D eigenvalue weighted by Crippen LogP contribution is -2.29. The van der Waals surface area contributed by atoms with Crippen LogP contribution in [0.5, 0.6) is 5.75 Å². The fourth-order valence-electron chi connectivity index (χ4n) is 4.13. The Morgan fingerprint density at radius 2 is 1.74 bits per heavy atom. The molecule has 5 nitrogen and oxygen atoms in total. The number of methoxy groups -OCH3 is 1. The number of benzene rings is 3. The first-order valence-corrected chi connectivity index (χ1v) is 11.6. The molecule has 3 aromatic rings. The van der Waals surface area contributed by atoms with Crippen molar-refractivity contribution in [3.8, 4) is 16.9 Å². The Labute approximate surface area is 201 Å². The SMILES string of the molecule is CCC(C)(C)OC(=O)C(C)c1ccc(N2Cc3ccccc3C2=O)cc1-c1ccc(OC)cc1. The van der Waals surface area contributed by atoms with Crippen molar-refractivity contribution < 1.29 is 19.1 Å². The molecule has 0 radical (unpaired) electrons. The summed E-state index contributed by atoms with van der Waals surface area (Å²) in [6, 6.07) is 21.3. The number of anilines is 1. The summed E-state index contributed by atoms with van der Waals surface area (Å²) in [5.74, 6) is 0.00688. The number of amides is 1. The summed E-state index contributed by atoms with van der Waals surface area (Å²) in [5, 5.41) is 0. The van der Waals surface area contributed by atoms with Gasteiger partial charge in [0.25, 0.3) is 5.91 Å². The Balaban J connectivity index is 1.75. The topological polar surface area (TPSA) is 55.8 Å². The largest absolute Gasteiger partial charge is 0.497 e. The Morgan fingerprint density at radius 3 is 2.38 bits per heavy atom. The van der Waals surface area contributed by atoms with Gasteiger partial charge in [0.2, 0.25) is 0 Å². The van der Waals surface area contributed by atoms with Gasteiger partial charge in [-0.3, -0.25) is 9.59 Å². The zero-order valence-electron chi connectivity index (χ0n) is 20.4. The highest BCUT2D eigenvalue weighted by molar-refractivity contribution is 6.10. The van der Waals surface area contributed by atoms with Crippen molar-refractivity contribution in [2.24, 2.45) is 0 Å². The second-order valence-corrected chi connectivity index (χ2v) is 9.30. The predicted molar refractivity (Wildman–Crippen MR) is 134 cm³/mol. The minimum atomic E-state index is -0.528. The fraction of sp³-hybridized carbons (Fsp3) is 0.310. The minimum Gasteiger partial charge on any atom is -0.497 e. The molecule has 5 heteroatoms. The molecule has 0 aromatic heterocycles. The van der Waals surface area contributed by atoms with E-state index in [-0.39, 0.29) is 11.9 Å². The van der Waals surface area contributed by atoms with Crippen LogP contribution in [0.25, 0.3) is 11.1 Å². The molecule has 1 amide bonds. The maximum atomic E-state index is 13.1. The quantitative estimate of drug-likeness (QED) is 0.388. The third kappa shape index (κ3) is 4.56. The number of nitrogens with zero attached hydrogens (tertiary/aromatic N) is 1. The third-order valence-corrected chi connectivity index (χ3v) is 6.62. The molecule has 4 rings (SSSR count). The molecular weight excluding hydrogens is 426 g/mol. The van der Waals surface area contributed by atoms with Crippen LogP contribution in [0.1, 0.15) is 61.5 Å². The average Bonchev–Trinajstić information content (AvgIpc) is 3.19. The summed E-state index contributed by atoms with van der Waals surface area (Å²) in [4.78, 5) is 27.9. The van der Waals surface area contributed by atoms with Crippen molar-refractivity contribution in [1.82, 2.24) is 0 Å². The molecule has 34 heavy (non-hydrogen) atoms. The number of hydrogen-bond acceptors (Lipinski definition) is 4. The predicted octanol–water partition coefficient (Wildman–Crippen LogP) is 6.36. The monoisotopic (exact) mass is 457 g/mol. The van der Waals surface area contributed by atoms with Gasteiger partial charge >= 0.3 is 5.97 Å². The van der Waals surface area contributed by atoms with Gasteiger partial charge in [-0.05, 0) is 79.8 Å². The molecular formula is C29H31NO4. The van der Waals surface area contributed by atoms with E-state index >= 15 is 0 Å². The van der Waals surface area contributed by atoms with E-state index in [2.05, 4.69) is 0 Å². The maximum absolute atomic E-state index is 13.1. The van der Waals surface area contributed by atoms with E-state index < -0.39 is 11.5 Å².